The second kappa shape index (κ2) is 3.49. The maximum atomic E-state index is 9.53. The molecule has 0 saturated carbocycles. The highest BCUT2D eigenvalue weighted by Gasteiger charge is 2.07. The topological polar surface area (TPSA) is 50.9 Å². The Morgan fingerprint density at radius 2 is 2.29 bits per heavy atom. The van der Waals surface area contributed by atoms with E-state index in [1.54, 1.807) is 24.7 Å². The fraction of sp³-hybridized carbons (Fsp3) is 0.200. The van der Waals surface area contributed by atoms with E-state index in [-0.39, 0.29) is 5.75 Å². The van der Waals surface area contributed by atoms with Gasteiger partial charge in [-0.25, -0.2) is 4.98 Å². The third-order valence-electron chi connectivity index (χ3n) is 2.03. The molecular weight excluding hydrogens is 178 g/mol. The zero-order valence-electron chi connectivity index (χ0n) is 7.88. The zero-order chi connectivity index (χ0) is 9.97. The lowest BCUT2D eigenvalue weighted by Gasteiger charge is -1.98. The van der Waals surface area contributed by atoms with Crippen LogP contribution in [0.4, 0.5) is 0 Å². The molecule has 0 atom stereocenters. The van der Waals surface area contributed by atoms with Crippen LogP contribution in [-0.4, -0.2) is 19.6 Å². The molecule has 2 aromatic heterocycles. The quantitative estimate of drug-likeness (QED) is 0.781. The molecule has 14 heavy (non-hydrogen) atoms. The molecule has 0 fully saturated rings. The van der Waals surface area contributed by atoms with E-state index in [2.05, 4.69) is 9.97 Å². The predicted octanol–water partition coefficient (Wildman–Crippen LogP) is 1.67. The van der Waals surface area contributed by atoms with E-state index in [9.17, 15) is 5.11 Å². The number of pyridine rings is 1. The summed E-state index contributed by atoms with van der Waals surface area (Å²) in [7, 11) is 0. The van der Waals surface area contributed by atoms with Crippen LogP contribution in [0.15, 0.2) is 30.9 Å². The maximum absolute atomic E-state index is 9.53. The largest absolute Gasteiger partial charge is 0.506 e. The SMILES string of the molecule is CCn1cnc(-c2ncccc2O)c1. The molecule has 1 N–H and O–H groups in total. The van der Waals surface area contributed by atoms with Crippen LogP contribution in [0.25, 0.3) is 11.4 Å². The maximum Gasteiger partial charge on any atom is 0.143 e. The molecule has 0 spiro atoms. The van der Waals surface area contributed by atoms with E-state index in [0.29, 0.717) is 11.4 Å². The summed E-state index contributed by atoms with van der Waals surface area (Å²) in [4.78, 5) is 8.23. The third-order valence-corrected chi connectivity index (χ3v) is 2.03. The molecule has 72 valence electrons. The van der Waals surface area contributed by atoms with Crippen LogP contribution >= 0.6 is 0 Å². The van der Waals surface area contributed by atoms with Crippen molar-refractivity contribution in [2.24, 2.45) is 0 Å². The van der Waals surface area contributed by atoms with E-state index in [0.717, 1.165) is 6.54 Å². The number of imidazole rings is 1. The highest BCUT2D eigenvalue weighted by Crippen LogP contribution is 2.23. The lowest BCUT2D eigenvalue weighted by Crippen LogP contribution is -1.87. The summed E-state index contributed by atoms with van der Waals surface area (Å²) >= 11 is 0. The number of aryl methyl sites for hydroxylation is 1. The van der Waals surface area contributed by atoms with E-state index in [1.807, 2.05) is 17.7 Å². The van der Waals surface area contributed by atoms with Crippen molar-refractivity contribution >= 4 is 0 Å². The van der Waals surface area contributed by atoms with Gasteiger partial charge < -0.3 is 9.67 Å². The van der Waals surface area contributed by atoms with Crippen LogP contribution in [0, 0.1) is 0 Å². The van der Waals surface area contributed by atoms with E-state index in [1.165, 1.54) is 0 Å². The van der Waals surface area contributed by atoms with Gasteiger partial charge in [-0.3, -0.25) is 4.98 Å². The van der Waals surface area contributed by atoms with Crippen LogP contribution in [0.3, 0.4) is 0 Å². The Hall–Kier alpha value is -1.84. The summed E-state index contributed by atoms with van der Waals surface area (Å²) in [5.74, 6) is 0.161. The molecule has 0 aromatic carbocycles. The monoisotopic (exact) mass is 189 g/mol. The van der Waals surface area contributed by atoms with Crippen LogP contribution in [0.2, 0.25) is 0 Å². The fourth-order valence-electron chi connectivity index (χ4n) is 1.25. The van der Waals surface area contributed by atoms with Gasteiger partial charge in [0.1, 0.15) is 17.1 Å². The van der Waals surface area contributed by atoms with Gasteiger partial charge >= 0.3 is 0 Å². The molecule has 0 radical (unpaired) electrons. The summed E-state index contributed by atoms with van der Waals surface area (Å²) < 4.78 is 1.93. The van der Waals surface area contributed by atoms with Crippen LogP contribution in [-0.2, 0) is 6.54 Å². The Labute approximate surface area is 81.9 Å². The first-order valence-corrected chi connectivity index (χ1v) is 4.47. The smallest absolute Gasteiger partial charge is 0.143 e. The molecule has 2 heterocycles. The number of nitrogens with zero attached hydrogens (tertiary/aromatic N) is 3. The van der Waals surface area contributed by atoms with Gasteiger partial charge in [-0.2, -0.15) is 0 Å². The molecular formula is C10H11N3O. The van der Waals surface area contributed by atoms with Crippen molar-refractivity contribution in [1.29, 1.82) is 0 Å². The number of hydrogen-bond donors (Lipinski definition) is 1. The Kier molecular flexibility index (Phi) is 2.18. The van der Waals surface area contributed by atoms with Crippen molar-refractivity contribution in [3.05, 3.63) is 30.9 Å². The molecule has 0 bridgehead atoms. The number of rotatable bonds is 2. The molecule has 0 aliphatic rings. The number of hydrogen-bond acceptors (Lipinski definition) is 3. The lowest BCUT2D eigenvalue weighted by atomic mass is 10.3. The average molecular weight is 189 g/mol. The van der Waals surface area contributed by atoms with E-state index in [4.69, 9.17) is 0 Å². The van der Waals surface area contributed by atoms with Crippen molar-refractivity contribution in [2.75, 3.05) is 0 Å². The summed E-state index contributed by atoms with van der Waals surface area (Å²) in [5, 5.41) is 9.53. The molecule has 0 aliphatic heterocycles. The first-order chi connectivity index (χ1) is 6.81. The van der Waals surface area contributed by atoms with Gasteiger partial charge in [-0.1, -0.05) is 0 Å². The normalized spacial score (nSPS) is 10.4. The molecule has 0 unspecified atom stereocenters. The van der Waals surface area contributed by atoms with Gasteiger partial charge in [-0.15, -0.1) is 0 Å². The second-order valence-electron chi connectivity index (χ2n) is 2.96. The van der Waals surface area contributed by atoms with Crippen LogP contribution < -0.4 is 0 Å². The van der Waals surface area contributed by atoms with Crippen molar-refractivity contribution in [1.82, 2.24) is 14.5 Å². The minimum Gasteiger partial charge on any atom is -0.506 e. The lowest BCUT2D eigenvalue weighted by molar-refractivity contribution is 0.475. The molecule has 0 amide bonds. The molecule has 0 aliphatic carbocycles. The van der Waals surface area contributed by atoms with Crippen molar-refractivity contribution in [2.45, 2.75) is 13.5 Å². The number of aromatic nitrogens is 3. The summed E-state index contributed by atoms with van der Waals surface area (Å²) in [5.41, 5.74) is 1.23. The minimum atomic E-state index is 0.161. The van der Waals surface area contributed by atoms with Crippen LogP contribution in [0.1, 0.15) is 6.92 Å². The molecule has 2 rings (SSSR count). The second-order valence-corrected chi connectivity index (χ2v) is 2.96. The van der Waals surface area contributed by atoms with Gasteiger partial charge in [0.25, 0.3) is 0 Å². The highest BCUT2D eigenvalue weighted by molar-refractivity contribution is 5.60. The van der Waals surface area contributed by atoms with Crippen LogP contribution in [0.5, 0.6) is 5.75 Å². The van der Waals surface area contributed by atoms with Crippen molar-refractivity contribution in [3.8, 4) is 17.1 Å². The highest BCUT2D eigenvalue weighted by atomic mass is 16.3. The summed E-state index contributed by atoms with van der Waals surface area (Å²) in [6.45, 7) is 2.89. The minimum absolute atomic E-state index is 0.161. The zero-order valence-corrected chi connectivity index (χ0v) is 7.88. The van der Waals surface area contributed by atoms with E-state index < -0.39 is 0 Å². The predicted molar refractivity (Wildman–Crippen MR) is 52.8 cm³/mol. The van der Waals surface area contributed by atoms with Gasteiger partial charge in [0.05, 0.1) is 6.33 Å². The van der Waals surface area contributed by atoms with Gasteiger partial charge in [0, 0.05) is 18.9 Å². The fourth-order valence-corrected chi connectivity index (χ4v) is 1.25. The standard InChI is InChI=1S/C10H11N3O/c1-2-13-6-8(12-7-13)10-9(14)4-3-5-11-10/h3-7,14H,2H2,1H3. The Balaban J connectivity index is 2.44. The summed E-state index contributed by atoms with van der Waals surface area (Å²) in [6.07, 6.45) is 5.23. The molecule has 4 heteroatoms. The van der Waals surface area contributed by atoms with Gasteiger partial charge in [0.2, 0.25) is 0 Å². The molecule has 2 aromatic rings. The molecule has 0 saturated heterocycles. The third kappa shape index (κ3) is 1.46. The average Bonchev–Trinajstić information content (AvgIpc) is 2.67. The first-order valence-electron chi connectivity index (χ1n) is 4.47. The van der Waals surface area contributed by atoms with Crippen molar-refractivity contribution < 1.29 is 5.11 Å². The van der Waals surface area contributed by atoms with Crippen molar-refractivity contribution in [3.63, 3.8) is 0 Å². The first kappa shape index (κ1) is 8.74. The Bertz CT molecular complexity index is 436. The Morgan fingerprint density at radius 3 is 2.93 bits per heavy atom. The van der Waals surface area contributed by atoms with E-state index >= 15 is 0 Å². The Morgan fingerprint density at radius 1 is 1.43 bits per heavy atom. The number of aromatic hydroxyl groups is 1. The van der Waals surface area contributed by atoms with Gasteiger partial charge in [-0.05, 0) is 19.1 Å². The molecule has 4 nitrogen and oxygen atoms in total. The summed E-state index contributed by atoms with van der Waals surface area (Å²) in [6, 6.07) is 3.29. The van der Waals surface area contributed by atoms with Gasteiger partial charge in [0.15, 0.2) is 0 Å².